The van der Waals surface area contributed by atoms with E-state index in [9.17, 15) is 8.42 Å². The van der Waals surface area contributed by atoms with Gasteiger partial charge in [0.2, 0.25) is 10.0 Å². The second-order valence-corrected chi connectivity index (χ2v) is 8.35. The van der Waals surface area contributed by atoms with Crippen LogP contribution in [-0.4, -0.2) is 55.8 Å². The summed E-state index contributed by atoms with van der Waals surface area (Å²) in [6.07, 6.45) is 3.45. The highest BCUT2D eigenvalue weighted by atomic mass is 32.2. The fraction of sp³-hybridized carbons (Fsp3) is 0.471. The second kappa shape index (κ2) is 6.19. The second-order valence-electron chi connectivity index (χ2n) is 6.44. The number of pyridine rings is 1. The zero-order chi connectivity index (χ0) is 16.6. The van der Waals surface area contributed by atoms with Crippen molar-refractivity contribution in [2.24, 2.45) is 0 Å². The number of aromatic nitrogens is 1. The summed E-state index contributed by atoms with van der Waals surface area (Å²) in [5.74, 6) is 0. The van der Waals surface area contributed by atoms with E-state index in [1.54, 1.807) is 22.6 Å². The Bertz CT molecular complexity index is 810. The summed E-state index contributed by atoms with van der Waals surface area (Å²) >= 11 is 0. The highest BCUT2D eigenvalue weighted by Crippen LogP contribution is 2.27. The van der Waals surface area contributed by atoms with Crippen molar-refractivity contribution in [2.45, 2.75) is 30.7 Å². The van der Waals surface area contributed by atoms with E-state index in [2.05, 4.69) is 9.88 Å². The lowest BCUT2D eigenvalue weighted by molar-refractivity contribution is 0.196. The van der Waals surface area contributed by atoms with Crippen LogP contribution in [-0.2, 0) is 10.0 Å². The molecule has 0 aliphatic carbocycles. The van der Waals surface area contributed by atoms with Gasteiger partial charge >= 0.3 is 0 Å². The highest BCUT2D eigenvalue weighted by Gasteiger charge is 2.31. The molecule has 0 radical (unpaired) electrons. The van der Waals surface area contributed by atoms with Gasteiger partial charge in [-0.05, 0) is 51.6 Å². The molecule has 2 aromatic rings. The molecule has 1 fully saturated rings. The van der Waals surface area contributed by atoms with Gasteiger partial charge in [-0.15, -0.1) is 0 Å². The maximum absolute atomic E-state index is 13.0. The summed E-state index contributed by atoms with van der Waals surface area (Å²) in [4.78, 5) is 6.86. The molecule has 0 N–H and O–H groups in total. The van der Waals surface area contributed by atoms with Crippen LogP contribution in [0.25, 0.3) is 10.9 Å². The summed E-state index contributed by atoms with van der Waals surface area (Å²) in [5, 5.41) is 0.870. The first-order chi connectivity index (χ1) is 10.9. The zero-order valence-corrected chi connectivity index (χ0v) is 14.7. The molecule has 0 spiro atoms. The molecular formula is C17H23N3O2S. The molecule has 1 aliphatic rings. The number of hydrogen-bond donors (Lipinski definition) is 0. The smallest absolute Gasteiger partial charge is 0.245 e. The van der Waals surface area contributed by atoms with Crippen LogP contribution in [0, 0.1) is 6.92 Å². The van der Waals surface area contributed by atoms with Gasteiger partial charge in [-0.2, -0.15) is 4.31 Å². The third-order valence-electron chi connectivity index (χ3n) is 4.58. The molecule has 23 heavy (non-hydrogen) atoms. The maximum Gasteiger partial charge on any atom is 0.245 e. The van der Waals surface area contributed by atoms with Gasteiger partial charge in [0, 0.05) is 30.7 Å². The number of fused-ring (bicyclic) bond motifs is 1. The van der Waals surface area contributed by atoms with E-state index in [0.717, 1.165) is 23.8 Å². The fourth-order valence-corrected chi connectivity index (χ4v) is 4.82. The first-order valence-corrected chi connectivity index (χ1v) is 9.35. The van der Waals surface area contributed by atoms with Gasteiger partial charge in [0.25, 0.3) is 0 Å². The van der Waals surface area contributed by atoms with E-state index in [1.807, 2.05) is 33.2 Å². The average Bonchev–Trinajstić information content (AvgIpc) is 2.54. The van der Waals surface area contributed by atoms with Gasteiger partial charge in [0.15, 0.2) is 0 Å². The van der Waals surface area contributed by atoms with Crippen molar-refractivity contribution >= 4 is 20.9 Å². The fourth-order valence-electron chi connectivity index (χ4n) is 3.19. The van der Waals surface area contributed by atoms with Gasteiger partial charge in [-0.25, -0.2) is 8.42 Å². The largest absolute Gasteiger partial charge is 0.306 e. The quantitative estimate of drug-likeness (QED) is 0.864. The number of rotatable bonds is 3. The predicted octanol–water partition coefficient (Wildman–Crippen LogP) is 2.26. The maximum atomic E-state index is 13.0. The van der Waals surface area contributed by atoms with E-state index >= 15 is 0 Å². The molecule has 1 saturated heterocycles. The molecule has 6 heteroatoms. The molecule has 1 aromatic heterocycles. The Morgan fingerprint density at radius 1 is 1.22 bits per heavy atom. The number of nitrogens with zero attached hydrogens (tertiary/aromatic N) is 3. The van der Waals surface area contributed by atoms with Crippen molar-refractivity contribution < 1.29 is 8.42 Å². The van der Waals surface area contributed by atoms with Crippen LogP contribution < -0.4 is 0 Å². The molecule has 1 aliphatic heterocycles. The molecule has 0 amide bonds. The molecule has 0 unspecified atom stereocenters. The first-order valence-electron chi connectivity index (χ1n) is 7.91. The predicted molar refractivity (Wildman–Crippen MR) is 91.9 cm³/mol. The number of aryl methyl sites for hydroxylation is 1. The molecule has 2 heterocycles. The Labute approximate surface area is 138 Å². The van der Waals surface area contributed by atoms with E-state index in [0.29, 0.717) is 29.5 Å². The summed E-state index contributed by atoms with van der Waals surface area (Å²) in [6, 6.07) is 7.79. The van der Waals surface area contributed by atoms with Crippen LogP contribution in [0.1, 0.15) is 18.4 Å². The molecular weight excluding hydrogens is 310 g/mol. The van der Waals surface area contributed by atoms with Gasteiger partial charge in [-0.1, -0.05) is 12.1 Å². The van der Waals surface area contributed by atoms with Crippen LogP contribution in [0.5, 0.6) is 0 Å². The third-order valence-corrected chi connectivity index (χ3v) is 6.51. The molecule has 1 aromatic carbocycles. The molecule has 5 nitrogen and oxygen atoms in total. The van der Waals surface area contributed by atoms with Crippen LogP contribution in [0.3, 0.4) is 0 Å². The minimum Gasteiger partial charge on any atom is -0.306 e. The Balaban J connectivity index is 1.95. The number of piperidine rings is 1. The van der Waals surface area contributed by atoms with Gasteiger partial charge in [0.1, 0.15) is 4.90 Å². The van der Waals surface area contributed by atoms with E-state index in [4.69, 9.17) is 0 Å². The van der Waals surface area contributed by atoms with Crippen molar-refractivity contribution in [3.8, 4) is 0 Å². The summed E-state index contributed by atoms with van der Waals surface area (Å²) in [7, 11) is 0.597. The normalized spacial score (nSPS) is 17.9. The number of para-hydroxylation sites is 1. The molecule has 124 valence electrons. The van der Waals surface area contributed by atoms with E-state index in [-0.39, 0.29) is 0 Å². The first kappa shape index (κ1) is 16.4. The zero-order valence-electron chi connectivity index (χ0n) is 13.9. The minimum atomic E-state index is -3.50. The van der Waals surface area contributed by atoms with Crippen LogP contribution >= 0.6 is 0 Å². The standard InChI is InChI=1S/C17H23N3O2S/c1-13-11-14-5-4-6-16(17(14)18-12-13)23(21,22)20-9-7-15(8-10-20)19(2)3/h4-6,11-12,15H,7-10H2,1-3H3. The van der Waals surface area contributed by atoms with E-state index in [1.165, 1.54) is 0 Å². The Morgan fingerprint density at radius 2 is 1.91 bits per heavy atom. The topological polar surface area (TPSA) is 53.5 Å². The van der Waals surface area contributed by atoms with Crippen LogP contribution in [0.2, 0.25) is 0 Å². The Morgan fingerprint density at radius 3 is 2.57 bits per heavy atom. The number of hydrogen-bond acceptors (Lipinski definition) is 4. The number of sulfonamides is 1. The van der Waals surface area contributed by atoms with Crippen LogP contribution in [0.15, 0.2) is 35.4 Å². The molecule has 0 saturated carbocycles. The summed E-state index contributed by atoms with van der Waals surface area (Å²) < 4.78 is 27.7. The minimum absolute atomic E-state index is 0.318. The van der Waals surface area contributed by atoms with E-state index < -0.39 is 10.0 Å². The molecule has 0 atom stereocenters. The lowest BCUT2D eigenvalue weighted by atomic mass is 10.1. The van der Waals surface area contributed by atoms with Crippen molar-refractivity contribution in [2.75, 3.05) is 27.2 Å². The third kappa shape index (κ3) is 3.11. The SMILES string of the molecule is Cc1cnc2c(S(=O)(=O)N3CCC(N(C)C)CC3)cccc2c1. The van der Waals surface area contributed by atoms with Crippen molar-refractivity contribution in [3.05, 3.63) is 36.0 Å². The summed E-state index contributed by atoms with van der Waals surface area (Å²) in [6.45, 7) is 3.08. The Kier molecular flexibility index (Phi) is 4.40. The average molecular weight is 333 g/mol. The molecule has 3 rings (SSSR count). The lowest BCUT2D eigenvalue weighted by Crippen LogP contribution is -2.44. The monoisotopic (exact) mass is 333 g/mol. The van der Waals surface area contributed by atoms with Gasteiger partial charge in [-0.3, -0.25) is 4.98 Å². The molecule has 0 bridgehead atoms. The number of benzene rings is 1. The Hall–Kier alpha value is -1.50. The van der Waals surface area contributed by atoms with Gasteiger partial charge in [0.05, 0.1) is 5.52 Å². The van der Waals surface area contributed by atoms with Crippen molar-refractivity contribution in [1.29, 1.82) is 0 Å². The highest BCUT2D eigenvalue weighted by molar-refractivity contribution is 7.89. The van der Waals surface area contributed by atoms with Crippen molar-refractivity contribution in [1.82, 2.24) is 14.2 Å². The van der Waals surface area contributed by atoms with Crippen LogP contribution in [0.4, 0.5) is 0 Å². The summed E-state index contributed by atoms with van der Waals surface area (Å²) in [5.41, 5.74) is 1.59. The van der Waals surface area contributed by atoms with Gasteiger partial charge < -0.3 is 4.90 Å². The lowest BCUT2D eigenvalue weighted by Gasteiger charge is -2.34. The van der Waals surface area contributed by atoms with Crippen molar-refractivity contribution in [3.63, 3.8) is 0 Å².